The van der Waals surface area contributed by atoms with Crippen molar-refractivity contribution in [3.8, 4) is 0 Å². The maximum Gasteiger partial charge on any atom is 0.352 e. The Labute approximate surface area is 51.3 Å². The van der Waals surface area contributed by atoms with E-state index in [4.69, 9.17) is 5.11 Å². The largest absolute Gasteiger partial charge is 0.477 e. The van der Waals surface area contributed by atoms with Gasteiger partial charge in [0, 0.05) is 6.42 Å². The molecule has 0 atom stereocenters. The molecule has 0 aliphatic carbocycles. The molecule has 0 saturated heterocycles. The van der Waals surface area contributed by atoms with Crippen LogP contribution in [0.5, 0.6) is 0 Å². The van der Waals surface area contributed by atoms with Gasteiger partial charge in [-0.25, -0.2) is 4.79 Å². The lowest BCUT2D eigenvalue weighted by molar-refractivity contribution is -0.130. The van der Waals surface area contributed by atoms with E-state index in [2.05, 4.69) is 15.5 Å². The summed E-state index contributed by atoms with van der Waals surface area (Å²) in [5.74, 6) is -0.995. The molecule has 5 heteroatoms. The van der Waals surface area contributed by atoms with Gasteiger partial charge >= 0.3 is 5.97 Å². The van der Waals surface area contributed by atoms with Crippen LogP contribution in [0.2, 0.25) is 0 Å². The fourth-order valence-corrected chi connectivity index (χ4v) is 0.491. The van der Waals surface area contributed by atoms with Crippen LogP contribution in [-0.4, -0.2) is 23.4 Å². The predicted octanol–water partition coefficient (Wildman–Crippen LogP) is -0.648. The van der Waals surface area contributed by atoms with Crippen molar-refractivity contribution < 1.29 is 14.7 Å². The van der Waals surface area contributed by atoms with Crippen LogP contribution in [-0.2, 0) is 9.63 Å². The van der Waals surface area contributed by atoms with Gasteiger partial charge in [0.05, 0.1) is 6.61 Å². The summed E-state index contributed by atoms with van der Waals surface area (Å²) in [7, 11) is 0. The number of aliphatic carboxylic acids is 1. The summed E-state index contributed by atoms with van der Waals surface area (Å²) in [4.78, 5) is 14.7. The fraction of sp³-hybridized carbons (Fsp3) is 0.500. The highest BCUT2D eigenvalue weighted by Crippen LogP contribution is 1.92. The monoisotopic (exact) mass is 130 g/mol. The van der Waals surface area contributed by atoms with E-state index < -0.39 is 5.97 Å². The van der Waals surface area contributed by atoms with Crippen LogP contribution in [0.4, 0.5) is 0 Å². The standard InChI is InChI=1S/C4H6N2O3/c7-4(8)3-1-2-9-6-5-3/h6H,1-2H2,(H,7,8). The number of hydrazone groups is 1. The Balaban J connectivity index is 2.57. The van der Waals surface area contributed by atoms with E-state index in [1.807, 2.05) is 0 Å². The third-order valence-electron chi connectivity index (χ3n) is 0.933. The Morgan fingerprint density at radius 1 is 1.89 bits per heavy atom. The average molecular weight is 130 g/mol. The van der Waals surface area contributed by atoms with Crippen LogP contribution in [0.3, 0.4) is 0 Å². The maximum absolute atomic E-state index is 10.1. The quantitative estimate of drug-likeness (QED) is 0.495. The highest BCUT2D eigenvalue weighted by Gasteiger charge is 2.11. The van der Waals surface area contributed by atoms with Crippen LogP contribution in [0, 0.1) is 0 Å². The summed E-state index contributed by atoms with van der Waals surface area (Å²) in [6.45, 7) is 0.366. The van der Waals surface area contributed by atoms with E-state index in [1.165, 1.54) is 0 Å². The minimum Gasteiger partial charge on any atom is -0.477 e. The SMILES string of the molecule is O=C(O)C1=NNOCC1. The summed E-state index contributed by atoms with van der Waals surface area (Å²) in [6, 6.07) is 0. The van der Waals surface area contributed by atoms with Crippen molar-refractivity contribution in [3.05, 3.63) is 0 Å². The second kappa shape index (κ2) is 2.45. The van der Waals surface area contributed by atoms with Gasteiger partial charge in [-0.1, -0.05) is 0 Å². The minimum absolute atomic E-state index is 0.112. The van der Waals surface area contributed by atoms with Crippen LogP contribution < -0.4 is 5.59 Å². The molecule has 0 radical (unpaired) electrons. The molecular weight excluding hydrogens is 124 g/mol. The van der Waals surface area contributed by atoms with E-state index in [-0.39, 0.29) is 5.71 Å². The van der Waals surface area contributed by atoms with Gasteiger partial charge in [-0.05, 0) is 0 Å². The molecule has 0 unspecified atom stereocenters. The van der Waals surface area contributed by atoms with Gasteiger partial charge < -0.3 is 5.11 Å². The van der Waals surface area contributed by atoms with Gasteiger partial charge in [0.2, 0.25) is 0 Å². The van der Waals surface area contributed by atoms with Gasteiger partial charge in [-0.3, -0.25) is 4.84 Å². The van der Waals surface area contributed by atoms with Gasteiger partial charge in [0.15, 0.2) is 0 Å². The molecule has 0 spiro atoms. The Morgan fingerprint density at radius 2 is 2.67 bits per heavy atom. The van der Waals surface area contributed by atoms with Crippen molar-refractivity contribution in [1.82, 2.24) is 5.59 Å². The third kappa shape index (κ3) is 1.39. The molecular formula is C4H6N2O3. The molecule has 50 valence electrons. The Hall–Kier alpha value is -1.10. The Morgan fingerprint density at radius 3 is 3.00 bits per heavy atom. The smallest absolute Gasteiger partial charge is 0.352 e. The molecule has 1 aliphatic rings. The van der Waals surface area contributed by atoms with Gasteiger partial charge in [0.25, 0.3) is 0 Å². The lowest BCUT2D eigenvalue weighted by Crippen LogP contribution is -2.26. The molecule has 1 aliphatic heterocycles. The van der Waals surface area contributed by atoms with Crippen LogP contribution in [0.25, 0.3) is 0 Å². The zero-order valence-corrected chi connectivity index (χ0v) is 4.63. The van der Waals surface area contributed by atoms with E-state index in [0.717, 1.165) is 0 Å². The van der Waals surface area contributed by atoms with Gasteiger partial charge in [-0.15, -0.1) is 0 Å². The molecule has 9 heavy (non-hydrogen) atoms. The number of nitrogens with one attached hydrogen (secondary N) is 1. The second-order valence-electron chi connectivity index (χ2n) is 1.55. The number of nitrogens with zero attached hydrogens (tertiary/aromatic N) is 1. The average Bonchev–Trinajstić information content (AvgIpc) is 1.90. The number of carboxylic acids is 1. The first kappa shape index (κ1) is 6.03. The highest BCUT2D eigenvalue weighted by atomic mass is 16.7. The normalized spacial score (nSPS) is 18.0. The molecule has 0 aromatic carbocycles. The molecule has 2 N–H and O–H groups in total. The number of hydrogen-bond donors (Lipinski definition) is 2. The summed E-state index contributed by atoms with van der Waals surface area (Å²) < 4.78 is 0. The molecule has 1 rings (SSSR count). The van der Waals surface area contributed by atoms with E-state index >= 15 is 0 Å². The molecule has 0 fully saturated rings. The molecule has 0 amide bonds. The first-order valence-corrected chi connectivity index (χ1v) is 2.47. The lowest BCUT2D eigenvalue weighted by atomic mass is 10.3. The summed E-state index contributed by atoms with van der Waals surface area (Å²) >= 11 is 0. The Kier molecular flexibility index (Phi) is 1.64. The summed E-state index contributed by atoms with van der Waals surface area (Å²) in [5.41, 5.74) is 2.24. The van der Waals surface area contributed by atoms with Crippen LogP contribution in [0.1, 0.15) is 6.42 Å². The molecule has 0 bridgehead atoms. The van der Waals surface area contributed by atoms with Crippen molar-refractivity contribution in [3.63, 3.8) is 0 Å². The van der Waals surface area contributed by atoms with Crippen molar-refractivity contribution in [2.45, 2.75) is 6.42 Å². The Bertz CT molecular complexity index is 154. The summed E-state index contributed by atoms with van der Waals surface area (Å²) in [6.07, 6.45) is 0.363. The topological polar surface area (TPSA) is 70.9 Å². The number of hydrogen-bond acceptors (Lipinski definition) is 4. The number of carbonyl (C=O) groups is 1. The fourth-order valence-electron chi connectivity index (χ4n) is 0.491. The first-order chi connectivity index (χ1) is 4.30. The van der Waals surface area contributed by atoms with Crippen LogP contribution in [0.15, 0.2) is 5.10 Å². The number of carboxylic acid groups (broad SMARTS) is 1. The second-order valence-corrected chi connectivity index (χ2v) is 1.55. The lowest BCUT2D eigenvalue weighted by Gasteiger charge is -2.08. The molecule has 0 aromatic rings. The summed E-state index contributed by atoms with van der Waals surface area (Å²) in [5, 5.41) is 11.7. The highest BCUT2D eigenvalue weighted by molar-refractivity contribution is 6.35. The minimum atomic E-state index is -0.995. The van der Waals surface area contributed by atoms with Gasteiger partial charge in [0.1, 0.15) is 5.71 Å². The molecule has 0 aromatic heterocycles. The van der Waals surface area contributed by atoms with E-state index in [1.54, 1.807) is 0 Å². The van der Waals surface area contributed by atoms with Crippen molar-refractivity contribution in [2.75, 3.05) is 6.61 Å². The van der Waals surface area contributed by atoms with Gasteiger partial charge in [-0.2, -0.15) is 10.7 Å². The first-order valence-electron chi connectivity index (χ1n) is 2.47. The van der Waals surface area contributed by atoms with E-state index in [0.29, 0.717) is 13.0 Å². The van der Waals surface area contributed by atoms with Crippen LogP contribution >= 0.6 is 0 Å². The molecule has 1 heterocycles. The number of rotatable bonds is 1. The zero-order chi connectivity index (χ0) is 6.69. The van der Waals surface area contributed by atoms with Crippen molar-refractivity contribution in [1.29, 1.82) is 0 Å². The van der Waals surface area contributed by atoms with Crippen molar-refractivity contribution in [2.24, 2.45) is 5.10 Å². The van der Waals surface area contributed by atoms with E-state index in [9.17, 15) is 4.79 Å². The maximum atomic E-state index is 10.1. The zero-order valence-electron chi connectivity index (χ0n) is 4.63. The predicted molar refractivity (Wildman–Crippen MR) is 28.8 cm³/mol. The van der Waals surface area contributed by atoms with Crippen molar-refractivity contribution >= 4 is 11.7 Å². The third-order valence-corrected chi connectivity index (χ3v) is 0.933. The molecule has 5 nitrogen and oxygen atoms in total. The molecule has 0 saturated carbocycles.